The maximum atomic E-state index is 5.46. The number of hydrogen-bond donors (Lipinski definition) is 2. The molecule has 1 heterocycles. The van der Waals surface area contributed by atoms with E-state index in [0.717, 1.165) is 19.4 Å². The van der Waals surface area contributed by atoms with Gasteiger partial charge in [0.05, 0.1) is 0 Å². The first-order valence-electron chi connectivity index (χ1n) is 5.16. The second-order valence-electron chi connectivity index (χ2n) is 3.65. The normalized spacial score (nSPS) is 10.9. The van der Waals surface area contributed by atoms with Crippen LogP contribution in [0.25, 0.3) is 10.9 Å². The molecule has 0 radical (unpaired) electrons. The van der Waals surface area contributed by atoms with E-state index in [2.05, 4.69) is 29.2 Å². The lowest BCUT2D eigenvalue weighted by Crippen LogP contribution is -1.98. The summed E-state index contributed by atoms with van der Waals surface area (Å²) in [7, 11) is 0. The van der Waals surface area contributed by atoms with Gasteiger partial charge in [0.25, 0.3) is 0 Å². The van der Waals surface area contributed by atoms with Crippen LogP contribution in [0.5, 0.6) is 0 Å². The van der Waals surface area contributed by atoms with Gasteiger partial charge in [0.15, 0.2) is 0 Å². The van der Waals surface area contributed by atoms with Gasteiger partial charge in [0, 0.05) is 11.7 Å². The molecule has 1 aromatic heterocycles. The van der Waals surface area contributed by atoms with Gasteiger partial charge in [-0.25, -0.2) is 0 Å². The number of fused-ring (bicyclic) bond motifs is 1. The highest BCUT2D eigenvalue weighted by molar-refractivity contribution is 5.79. The second-order valence-corrected chi connectivity index (χ2v) is 3.65. The molecule has 0 bridgehead atoms. The van der Waals surface area contributed by atoms with Gasteiger partial charge in [-0.2, -0.15) is 0 Å². The van der Waals surface area contributed by atoms with Gasteiger partial charge in [0.1, 0.15) is 0 Å². The summed E-state index contributed by atoms with van der Waals surface area (Å²) in [6.45, 7) is 0.798. The molecule has 1 aromatic carbocycles. The lowest BCUT2D eigenvalue weighted by atomic mass is 10.1. The number of unbranched alkanes of at least 4 members (excludes halogenated alkanes) is 1. The first kappa shape index (κ1) is 9.28. The summed E-state index contributed by atoms with van der Waals surface area (Å²) in [6, 6.07) is 8.70. The molecule has 0 saturated heterocycles. The Morgan fingerprint density at radius 2 is 2.07 bits per heavy atom. The fourth-order valence-electron chi connectivity index (χ4n) is 1.73. The van der Waals surface area contributed by atoms with Gasteiger partial charge in [-0.05, 0) is 55.0 Å². The van der Waals surface area contributed by atoms with E-state index in [9.17, 15) is 0 Å². The summed E-state index contributed by atoms with van der Waals surface area (Å²) in [4.78, 5) is 3.19. The molecule has 0 aliphatic rings. The van der Waals surface area contributed by atoms with Crippen LogP contribution >= 0.6 is 0 Å². The monoisotopic (exact) mass is 188 g/mol. The zero-order valence-electron chi connectivity index (χ0n) is 8.29. The van der Waals surface area contributed by atoms with E-state index in [1.165, 1.54) is 22.9 Å². The van der Waals surface area contributed by atoms with Gasteiger partial charge in [-0.1, -0.05) is 6.07 Å². The third-order valence-corrected chi connectivity index (χ3v) is 2.54. The van der Waals surface area contributed by atoms with E-state index in [1.54, 1.807) is 0 Å². The third-order valence-electron chi connectivity index (χ3n) is 2.54. The number of H-pyrrole nitrogens is 1. The fourth-order valence-corrected chi connectivity index (χ4v) is 1.73. The molecule has 2 aromatic rings. The van der Waals surface area contributed by atoms with Crippen molar-refractivity contribution in [2.75, 3.05) is 6.54 Å². The number of hydrogen-bond acceptors (Lipinski definition) is 1. The van der Waals surface area contributed by atoms with Crippen molar-refractivity contribution in [2.24, 2.45) is 5.73 Å². The Balaban J connectivity index is 2.10. The number of benzene rings is 1. The number of rotatable bonds is 4. The minimum Gasteiger partial charge on any atom is -0.361 e. The van der Waals surface area contributed by atoms with Crippen LogP contribution in [0.1, 0.15) is 18.4 Å². The molecule has 0 aliphatic carbocycles. The van der Waals surface area contributed by atoms with Crippen LogP contribution in [0.2, 0.25) is 0 Å². The highest BCUT2D eigenvalue weighted by Gasteiger charge is 1.96. The lowest BCUT2D eigenvalue weighted by Gasteiger charge is -2.00. The van der Waals surface area contributed by atoms with Crippen LogP contribution in [0.15, 0.2) is 30.5 Å². The Morgan fingerprint density at radius 1 is 1.14 bits per heavy atom. The zero-order chi connectivity index (χ0) is 9.80. The Kier molecular flexibility index (Phi) is 2.84. The molecule has 0 atom stereocenters. The molecule has 0 unspecified atom stereocenters. The minimum atomic E-state index is 0.798. The molecule has 2 heteroatoms. The fraction of sp³-hybridized carbons (Fsp3) is 0.333. The molecule has 0 aliphatic heterocycles. The van der Waals surface area contributed by atoms with E-state index in [-0.39, 0.29) is 0 Å². The molecule has 0 spiro atoms. The highest BCUT2D eigenvalue weighted by atomic mass is 14.7. The molecule has 0 amide bonds. The number of nitrogens with one attached hydrogen (secondary N) is 1. The first-order valence-corrected chi connectivity index (χ1v) is 5.16. The van der Waals surface area contributed by atoms with E-state index >= 15 is 0 Å². The van der Waals surface area contributed by atoms with Gasteiger partial charge < -0.3 is 10.7 Å². The van der Waals surface area contributed by atoms with Crippen molar-refractivity contribution in [3.8, 4) is 0 Å². The van der Waals surface area contributed by atoms with Gasteiger partial charge in [-0.3, -0.25) is 0 Å². The number of nitrogens with two attached hydrogens (primary N) is 1. The predicted molar refractivity (Wildman–Crippen MR) is 60.3 cm³/mol. The van der Waals surface area contributed by atoms with Crippen LogP contribution in [0.3, 0.4) is 0 Å². The van der Waals surface area contributed by atoms with E-state index < -0.39 is 0 Å². The molecule has 2 nitrogen and oxygen atoms in total. The van der Waals surface area contributed by atoms with Crippen LogP contribution in [0, 0.1) is 0 Å². The third kappa shape index (κ3) is 1.96. The predicted octanol–water partition coefficient (Wildman–Crippen LogP) is 2.45. The van der Waals surface area contributed by atoms with Crippen molar-refractivity contribution in [3.63, 3.8) is 0 Å². The van der Waals surface area contributed by atoms with Crippen LogP contribution in [-0.2, 0) is 6.42 Å². The smallest absolute Gasteiger partial charge is 0.0454 e. The van der Waals surface area contributed by atoms with Crippen molar-refractivity contribution in [3.05, 3.63) is 36.0 Å². The zero-order valence-corrected chi connectivity index (χ0v) is 8.29. The summed E-state index contributed by atoms with van der Waals surface area (Å²) in [5.41, 5.74) is 8.08. The summed E-state index contributed by atoms with van der Waals surface area (Å²) >= 11 is 0. The molecule has 0 saturated carbocycles. The van der Waals surface area contributed by atoms with Gasteiger partial charge >= 0.3 is 0 Å². The lowest BCUT2D eigenvalue weighted by molar-refractivity contribution is 0.745. The van der Waals surface area contributed by atoms with Crippen molar-refractivity contribution in [1.29, 1.82) is 0 Å². The molecular weight excluding hydrogens is 172 g/mol. The number of aromatic amines is 1. The quantitative estimate of drug-likeness (QED) is 0.711. The average Bonchev–Trinajstić information content (AvgIpc) is 2.65. The molecular formula is C12H16N2. The maximum absolute atomic E-state index is 5.46. The Morgan fingerprint density at radius 3 is 2.93 bits per heavy atom. The van der Waals surface area contributed by atoms with Crippen molar-refractivity contribution >= 4 is 10.9 Å². The summed E-state index contributed by atoms with van der Waals surface area (Å²) in [5.74, 6) is 0. The average molecular weight is 188 g/mol. The first-order chi connectivity index (χ1) is 6.90. The second kappa shape index (κ2) is 4.29. The summed E-state index contributed by atoms with van der Waals surface area (Å²) in [5, 5.41) is 1.30. The topological polar surface area (TPSA) is 41.8 Å². The largest absolute Gasteiger partial charge is 0.361 e. The van der Waals surface area contributed by atoms with E-state index in [0.29, 0.717) is 0 Å². The van der Waals surface area contributed by atoms with Crippen molar-refractivity contribution < 1.29 is 0 Å². The van der Waals surface area contributed by atoms with Crippen LogP contribution in [0.4, 0.5) is 0 Å². The Hall–Kier alpha value is -1.28. The Labute approximate surface area is 84.1 Å². The highest BCUT2D eigenvalue weighted by Crippen LogP contribution is 2.15. The number of aromatic nitrogens is 1. The van der Waals surface area contributed by atoms with E-state index in [1.807, 2.05) is 6.20 Å². The summed E-state index contributed by atoms with van der Waals surface area (Å²) < 4.78 is 0. The molecule has 2 rings (SSSR count). The maximum Gasteiger partial charge on any atom is 0.0454 e. The standard InChI is InChI=1S/C12H16N2/c13-7-2-1-3-10-4-5-12-11(9-10)6-8-14-12/h4-6,8-9,14H,1-3,7,13H2. The summed E-state index contributed by atoms with van der Waals surface area (Å²) in [6.07, 6.45) is 5.42. The van der Waals surface area contributed by atoms with Crippen LogP contribution in [-0.4, -0.2) is 11.5 Å². The molecule has 14 heavy (non-hydrogen) atoms. The molecule has 3 N–H and O–H groups in total. The SMILES string of the molecule is NCCCCc1ccc2[nH]ccc2c1. The van der Waals surface area contributed by atoms with E-state index in [4.69, 9.17) is 5.73 Å². The number of aryl methyl sites for hydroxylation is 1. The van der Waals surface area contributed by atoms with Gasteiger partial charge in [-0.15, -0.1) is 0 Å². The Bertz CT molecular complexity index is 403. The van der Waals surface area contributed by atoms with Crippen molar-refractivity contribution in [2.45, 2.75) is 19.3 Å². The van der Waals surface area contributed by atoms with Gasteiger partial charge in [0.2, 0.25) is 0 Å². The minimum absolute atomic E-state index is 0.798. The molecule has 74 valence electrons. The van der Waals surface area contributed by atoms with Crippen molar-refractivity contribution in [1.82, 2.24) is 4.98 Å². The molecule has 0 fully saturated rings. The van der Waals surface area contributed by atoms with Crippen LogP contribution < -0.4 is 5.73 Å².